The Labute approximate surface area is 137 Å². The lowest BCUT2D eigenvalue weighted by Gasteiger charge is -2.31. The van der Waals surface area contributed by atoms with Crippen molar-refractivity contribution >= 4 is 17.5 Å². The molecule has 1 saturated heterocycles. The molecule has 1 saturated carbocycles. The highest BCUT2D eigenvalue weighted by Gasteiger charge is 2.34. The smallest absolute Gasteiger partial charge is 0.244 e. The third-order valence-corrected chi connectivity index (χ3v) is 4.84. The van der Waals surface area contributed by atoms with Crippen molar-refractivity contribution in [3.63, 3.8) is 0 Å². The molecule has 3 rings (SSSR count). The molecule has 2 amide bonds. The molecule has 2 N–H and O–H groups in total. The molecule has 23 heavy (non-hydrogen) atoms. The molecule has 1 aliphatic carbocycles. The number of nitrogens with zero attached hydrogens (tertiary/aromatic N) is 1. The predicted octanol–water partition coefficient (Wildman–Crippen LogP) is 1.83. The van der Waals surface area contributed by atoms with Crippen LogP contribution in [-0.2, 0) is 9.59 Å². The summed E-state index contributed by atoms with van der Waals surface area (Å²) < 4.78 is 0. The van der Waals surface area contributed by atoms with Gasteiger partial charge in [-0.3, -0.25) is 9.59 Å². The normalized spacial score (nSPS) is 28.0. The van der Waals surface area contributed by atoms with E-state index in [1.165, 1.54) is 0 Å². The molecule has 1 atom stereocenters. The fourth-order valence-electron chi connectivity index (χ4n) is 3.68. The second-order valence-corrected chi connectivity index (χ2v) is 6.58. The third kappa shape index (κ3) is 3.91. The summed E-state index contributed by atoms with van der Waals surface area (Å²) in [5.41, 5.74) is 0.983. The zero-order valence-electron chi connectivity index (χ0n) is 13.6. The summed E-state index contributed by atoms with van der Waals surface area (Å²) in [5.74, 6) is 0.228. The molecule has 0 bridgehead atoms. The van der Waals surface area contributed by atoms with E-state index in [4.69, 9.17) is 0 Å². The van der Waals surface area contributed by atoms with Gasteiger partial charge in [0.1, 0.15) is 0 Å². The van der Waals surface area contributed by atoms with Crippen LogP contribution in [0.3, 0.4) is 0 Å². The van der Waals surface area contributed by atoms with Gasteiger partial charge in [-0.15, -0.1) is 0 Å². The van der Waals surface area contributed by atoms with Gasteiger partial charge in [-0.2, -0.15) is 0 Å². The van der Waals surface area contributed by atoms with Gasteiger partial charge in [0.15, 0.2) is 0 Å². The third-order valence-electron chi connectivity index (χ3n) is 4.84. The van der Waals surface area contributed by atoms with Gasteiger partial charge in [-0.25, -0.2) is 0 Å². The van der Waals surface area contributed by atoms with Gasteiger partial charge >= 0.3 is 0 Å². The molecule has 5 heteroatoms. The van der Waals surface area contributed by atoms with E-state index in [9.17, 15) is 9.59 Å². The summed E-state index contributed by atoms with van der Waals surface area (Å²) >= 11 is 0. The number of carbonyl (C=O) groups is 2. The van der Waals surface area contributed by atoms with Crippen LogP contribution in [0.4, 0.5) is 5.69 Å². The fraction of sp³-hybridized carbons (Fsp3) is 0.556. The first-order valence-corrected chi connectivity index (χ1v) is 8.53. The average molecular weight is 315 g/mol. The molecular formula is C18H25N3O2. The van der Waals surface area contributed by atoms with Crippen LogP contribution in [0, 0.1) is 0 Å². The van der Waals surface area contributed by atoms with Crippen molar-refractivity contribution in [3.8, 4) is 0 Å². The molecular weight excluding hydrogens is 290 g/mol. The van der Waals surface area contributed by atoms with Gasteiger partial charge in [-0.1, -0.05) is 18.2 Å². The molecule has 2 fully saturated rings. The summed E-state index contributed by atoms with van der Waals surface area (Å²) in [5, 5.41) is 6.53. The highest BCUT2D eigenvalue weighted by Crippen LogP contribution is 2.24. The maximum Gasteiger partial charge on any atom is 0.244 e. The number of benzene rings is 1. The van der Waals surface area contributed by atoms with Crippen LogP contribution in [0.1, 0.15) is 39.0 Å². The van der Waals surface area contributed by atoms with E-state index in [0.717, 1.165) is 44.3 Å². The number of rotatable bonds is 4. The van der Waals surface area contributed by atoms with Crippen molar-refractivity contribution < 1.29 is 9.59 Å². The second kappa shape index (κ2) is 7.13. The predicted molar refractivity (Wildman–Crippen MR) is 90.2 cm³/mol. The van der Waals surface area contributed by atoms with Crippen LogP contribution in [-0.4, -0.2) is 36.5 Å². The van der Waals surface area contributed by atoms with E-state index >= 15 is 0 Å². The first-order valence-electron chi connectivity index (χ1n) is 8.53. The number of anilines is 1. The fourth-order valence-corrected chi connectivity index (χ4v) is 3.68. The zero-order valence-corrected chi connectivity index (χ0v) is 13.6. The minimum atomic E-state index is -0.0717. The number of nitrogens with one attached hydrogen (secondary N) is 2. The van der Waals surface area contributed by atoms with Gasteiger partial charge in [0.2, 0.25) is 11.8 Å². The van der Waals surface area contributed by atoms with Crippen molar-refractivity contribution in [2.45, 2.75) is 57.2 Å². The van der Waals surface area contributed by atoms with Gasteiger partial charge < -0.3 is 15.5 Å². The largest absolute Gasteiger partial charge is 0.354 e. The summed E-state index contributed by atoms with van der Waals surface area (Å²) in [6, 6.07) is 10.5. The van der Waals surface area contributed by atoms with Crippen LogP contribution in [0.15, 0.2) is 30.3 Å². The molecule has 124 valence electrons. The number of carbonyl (C=O) groups excluding carboxylic acids is 2. The van der Waals surface area contributed by atoms with Crippen LogP contribution in [0.2, 0.25) is 0 Å². The highest BCUT2D eigenvalue weighted by molar-refractivity contribution is 5.99. The first-order chi connectivity index (χ1) is 11.1. The Morgan fingerprint density at radius 2 is 1.70 bits per heavy atom. The molecule has 2 aliphatic rings. The van der Waals surface area contributed by atoms with Crippen LogP contribution in [0.25, 0.3) is 0 Å². The summed E-state index contributed by atoms with van der Waals surface area (Å²) in [7, 11) is 0. The lowest BCUT2D eigenvalue weighted by atomic mass is 9.90. The van der Waals surface area contributed by atoms with E-state index in [1.54, 1.807) is 6.92 Å². The minimum absolute atomic E-state index is 0.0471. The Morgan fingerprint density at radius 3 is 2.35 bits per heavy atom. The van der Waals surface area contributed by atoms with Crippen molar-refractivity contribution in [2.24, 2.45) is 0 Å². The van der Waals surface area contributed by atoms with Crippen molar-refractivity contribution in [3.05, 3.63) is 30.3 Å². The molecule has 1 aliphatic heterocycles. The van der Waals surface area contributed by atoms with E-state index in [2.05, 4.69) is 10.6 Å². The van der Waals surface area contributed by atoms with Crippen molar-refractivity contribution in [1.82, 2.24) is 10.6 Å². The van der Waals surface area contributed by atoms with Crippen LogP contribution in [0.5, 0.6) is 0 Å². The van der Waals surface area contributed by atoms with E-state index in [0.29, 0.717) is 12.1 Å². The topological polar surface area (TPSA) is 61.4 Å². The maximum atomic E-state index is 12.6. The highest BCUT2D eigenvalue weighted by atomic mass is 16.2. The molecule has 0 spiro atoms. The number of amides is 2. The van der Waals surface area contributed by atoms with Crippen LogP contribution >= 0.6 is 0 Å². The van der Waals surface area contributed by atoms with Gasteiger partial charge in [0.25, 0.3) is 0 Å². The lowest BCUT2D eigenvalue weighted by Crippen LogP contribution is -2.47. The molecule has 0 radical (unpaired) electrons. The van der Waals surface area contributed by atoms with Crippen LogP contribution < -0.4 is 15.5 Å². The Kier molecular flexibility index (Phi) is 4.96. The number of hydrogen-bond donors (Lipinski definition) is 2. The van der Waals surface area contributed by atoms with E-state index in [1.807, 2.05) is 35.2 Å². The molecule has 0 aromatic heterocycles. The number of para-hydroxylation sites is 1. The van der Waals surface area contributed by atoms with Crippen molar-refractivity contribution in [1.29, 1.82) is 0 Å². The standard InChI is InChI=1S/C18H25N3O2/c1-13(22)19-14-7-9-15(10-8-14)20-17-11-12-21(18(17)23)16-5-3-2-4-6-16/h2-6,14-15,17,20H,7-12H2,1H3,(H,19,22). The molecule has 1 aromatic carbocycles. The second-order valence-electron chi connectivity index (χ2n) is 6.58. The van der Waals surface area contributed by atoms with Gasteiger partial charge in [-0.05, 0) is 44.2 Å². The quantitative estimate of drug-likeness (QED) is 0.891. The minimum Gasteiger partial charge on any atom is -0.354 e. The lowest BCUT2D eigenvalue weighted by molar-refractivity contribution is -0.120. The monoisotopic (exact) mass is 315 g/mol. The zero-order chi connectivity index (χ0) is 16.2. The Balaban J connectivity index is 1.50. The molecule has 1 aromatic rings. The summed E-state index contributed by atoms with van der Waals surface area (Å²) in [4.78, 5) is 25.6. The SMILES string of the molecule is CC(=O)NC1CCC(NC2CCN(c3ccccc3)C2=O)CC1. The Hall–Kier alpha value is -1.88. The van der Waals surface area contributed by atoms with Gasteiger partial charge in [0, 0.05) is 31.2 Å². The Morgan fingerprint density at radius 1 is 1.04 bits per heavy atom. The molecule has 1 heterocycles. The first kappa shape index (κ1) is 16.0. The average Bonchev–Trinajstić information content (AvgIpc) is 2.91. The maximum absolute atomic E-state index is 12.6. The van der Waals surface area contributed by atoms with E-state index < -0.39 is 0 Å². The number of hydrogen-bond acceptors (Lipinski definition) is 3. The summed E-state index contributed by atoms with van der Waals surface area (Å²) in [6.45, 7) is 2.35. The molecule has 1 unspecified atom stereocenters. The Bertz CT molecular complexity index is 553. The summed E-state index contributed by atoms with van der Waals surface area (Å²) in [6.07, 6.45) is 4.86. The van der Waals surface area contributed by atoms with Gasteiger partial charge in [0.05, 0.1) is 6.04 Å². The van der Waals surface area contributed by atoms with E-state index in [-0.39, 0.29) is 17.9 Å². The molecule has 5 nitrogen and oxygen atoms in total. The van der Waals surface area contributed by atoms with Crippen molar-refractivity contribution in [2.75, 3.05) is 11.4 Å².